The smallest absolute Gasteiger partial charge is 0.305 e. The lowest BCUT2D eigenvalue weighted by molar-refractivity contribution is -0.140. The number of methoxy groups -OCH3 is 1. The van der Waals surface area contributed by atoms with Crippen LogP contribution in [0.4, 0.5) is 0 Å². The molecule has 2 aliphatic heterocycles. The Bertz CT molecular complexity index is 960. The van der Waals surface area contributed by atoms with Gasteiger partial charge in [0.2, 0.25) is 0 Å². The molecule has 1 aromatic carbocycles. The van der Waals surface area contributed by atoms with Crippen LogP contribution in [0.1, 0.15) is 59.4 Å². The van der Waals surface area contributed by atoms with Crippen LogP contribution < -0.4 is 0 Å². The van der Waals surface area contributed by atoms with Crippen molar-refractivity contribution in [3.05, 3.63) is 46.8 Å². The molecule has 0 bridgehead atoms. The van der Waals surface area contributed by atoms with Crippen molar-refractivity contribution in [2.24, 2.45) is 0 Å². The monoisotopic (exact) mass is 438 g/mol. The largest absolute Gasteiger partial charge is 0.469 e. The van der Waals surface area contributed by atoms with Gasteiger partial charge in [-0.25, -0.2) is 4.68 Å². The predicted octanol–water partition coefficient (Wildman–Crippen LogP) is 3.30. The molecule has 0 aliphatic carbocycles. The van der Waals surface area contributed by atoms with Crippen LogP contribution >= 0.6 is 0 Å². The first-order valence-corrected chi connectivity index (χ1v) is 11.7. The molecule has 7 nitrogen and oxygen atoms in total. The molecule has 1 amide bonds. The maximum atomic E-state index is 13.2. The van der Waals surface area contributed by atoms with Gasteiger partial charge in [-0.1, -0.05) is 0 Å². The Balaban J connectivity index is 1.46. The number of benzene rings is 1. The molecule has 0 spiro atoms. The van der Waals surface area contributed by atoms with Crippen LogP contribution in [-0.2, 0) is 16.0 Å². The van der Waals surface area contributed by atoms with Crippen molar-refractivity contribution in [2.45, 2.75) is 58.4 Å². The Morgan fingerprint density at radius 2 is 1.78 bits per heavy atom. The molecular weight excluding hydrogens is 404 g/mol. The number of rotatable bonds is 7. The highest BCUT2D eigenvalue weighted by atomic mass is 16.5. The molecule has 1 atom stereocenters. The van der Waals surface area contributed by atoms with Crippen molar-refractivity contribution in [2.75, 3.05) is 33.3 Å². The number of amides is 1. The molecule has 4 rings (SSSR count). The highest BCUT2D eigenvalue weighted by Crippen LogP contribution is 2.24. The van der Waals surface area contributed by atoms with Crippen molar-refractivity contribution in [3.8, 4) is 5.69 Å². The summed E-state index contributed by atoms with van der Waals surface area (Å²) in [6.45, 7) is 8.15. The molecule has 2 fully saturated rings. The first kappa shape index (κ1) is 22.5. The molecule has 2 aliphatic rings. The number of hydrogen-bond donors (Lipinski definition) is 0. The van der Waals surface area contributed by atoms with Gasteiger partial charge in [0.1, 0.15) is 0 Å². The summed E-state index contributed by atoms with van der Waals surface area (Å²) in [5, 5.41) is 4.67. The lowest BCUT2D eigenvalue weighted by Gasteiger charge is -2.28. The summed E-state index contributed by atoms with van der Waals surface area (Å²) < 4.78 is 6.65. The van der Waals surface area contributed by atoms with Gasteiger partial charge < -0.3 is 14.5 Å². The van der Waals surface area contributed by atoms with Crippen LogP contribution in [0.5, 0.6) is 0 Å². The predicted molar refractivity (Wildman–Crippen MR) is 123 cm³/mol. The summed E-state index contributed by atoms with van der Waals surface area (Å²) in [4.78, 5) is 29.3. The average molecular weight is 439 g/mol. The molecule has 172 valence electrons. The molecule has 0 saturated carbocycles. The van der Waals surface area contributed by atoms with Gasteiger partial charge in [-0.05, 0) is 88.9 Å². The zero-order valence-corrected chi connectivity index (χ0v) is 19.5. The van der Waals surface area contributed by atoms with Gasteiger partial charge in [0.05, 0.1) is 18.5 Å². The molecule has 1 unspecified atom stereocenters. The van der Waals surface area contributed by atoms with Crippen molar-refractivity contribution < 1.29 is 14.3 Å². The molecule has 3 heterocycles. The van der Waals surface area contributed by atoms with E-state index in [1.54, 1.807) is 0 Å². The maximum absolute atomic E-state index is 13.2. The SMILES string of the molecule is COC(=O)CCc1c(C)nn(-c2ccc(C(=O)N3CCCC3CN3CCCC3)cc2)c1C. The van der Waals surface area contributed by atoms with E-state index in [1.807, 2.05) is 42.8 Å². The zero-order valence-electron chi connectivity index (χ0n) is 19.5. The van der Waals surface area contributed by atoms with Gasteiger partial charge in [-0.15, -0.1) is 0 Å². The number of carbonyl (C=O) groups is 2. The molecular formula is C25H34N4O3. The number of aryl methyl sites for hydroxylation is 1. The standard InChI is InChI=1S/C25H34N4O3/c1-18-23(12-13-24(30)32-3)19(2)29(26-18)21-10-8-20(9-11-21)25(31)28-16-6-7-22(28)17-27-14-4-5-15-27/h8-11,22H,4-7,12-17H2,1-3H3. The van der Waals surface area contributed by atoms with E-state index >= 15 is 0 Å². The number of nitrogens with zero attached hydrogens (tertiary/aromatic N) is 4. The fourth-order valence-electron chi connectivity index (χ4n) is 5.08. The molecule has 32 heavy (non-hydrogen) atoms. The van der Waals surface area contributed by atoms with Gasteiger partial charge in [-0.2, -0.15) is 5.10 Å². The van der Waals surface area contributed by atoms with Crippen molar-refractivity contribution in [3.63, 3.8) is 0 Å². The van der Waals surface area contributed by atoms with E-state index in [0.29, 0.717) is 18.9 Å². The first-order valence-electron chi connectivity index (χ1n) is 11.7. The average Bonchev–Trinajstić information content (AvgIpc) is 3.54. The van der Waals surface area contributed by atoms with E-state index in [1.165, 1.54) is 20.0 Å². The summed E-state index contributed by atoms with van der Waals surface area (Å²) in [6.07, 6.45) is 5.68. The highest BCUT2D eigenvalue weighted by Gasteiger charge is 2.31. The highest BCUT2D eigenvalue weighted by molar-refractivity contribution is 5.94. The summed E-state index contributed by atoms with van der Waals surface area (Å²) >= 11 is 0. The van der Waals surface area contributed by atoms with E-state index < -0.39 is 0 Å². The minimum absolute atomic E-state index is 0.130. The number of carbonyl (C=O) groups excluding carboxylic acids is 2. The Hall–Kier alpha value is -2.67. The minimum atomic E-state index is -0.218. The van der Waals surface area contributed by atoms with E-state index in [9.17, 15) is 9.59 Å². The minimum Gasteiger partial charge on any atom is -0.469 e. The van der Waals surface area contributed by atoms with Gasteiger partial charge in [0.15, 0.2) is 0 Å². The molecule has 2 saturated heterocycles. The van der Waals surface area contributed by atoms with Crippen LogP contribution in [0.2, 0.25) is 0 Å². The topological polar surface area (TPSA) is 67.7 Å². The van der Waals surface area contributed by atoms with E-state index in [4.69, 9.17) is 4.74 Å². The van der Waals surface area contributed by atoms with Crippen LogP contribution in [0.15, 0.2) is 24.3 Å². The van der Waals surface area contributed by atoms with Gasteiger partial charge in [0, 0.05) is 36.8 Å². The summed E-state index contributed by atoms with van der Waals surface area (Å²) in [6, 6.07) is 8.07. The summed E-state index contributed by atoms with van der Waals surface area (Å²) in [7, 11) is 1.41. The van der Waals surface area contributed by atoms with E-state index in [0.717, 1.165) is 67.2 Å². The fraction of sp³-hybridized carbons (Fsp3) is 0.560. The van der Waals surface area contributed by atoms with E-state index in [2.05, 4.69) is 14.9 Å². The molecule has 7 heteroatoms. The molecule has 0 radical (unpaired) electrons. The van der Waals surface area contributed by atoms with Crippen LogP contribution in [0, 0.1) is 13.8 Å². The molecule has 0 N–H and O–H groups in total. The number of esters is 1. The first-order chi connectivity index (χ1) is 15.5. The zero-order chi connectivity index (χ0) is 22.7. The third-order valence-corrected chi connectivity index (χ3v) is 6.91. The second kappa shape index (κ2) is 9.86. The number of hydrogen-bond acceptors (Lipinski definition) is 5. The van der Waals surface area contributed by atoms with Crippen LogP contribution in [-0.4, -0.2) is 70.8 Å². The fourth-order valence-corrected chi connectivity index (χ4v) is 5.08. The summed E-state index contributed by atoms with van der Waals surface area (Å²) in [5.41, 5.74) is 4.64. The van der Waals surface area contributed by atoms with Crippen molar-refractivity contribution >= 4 is 11.9 Å². The second-order valence-electron chi connectivity index (χ2n) is 8.99. The second-order valence-corrected chi connectivity index (χ2v) is 8.99. The van der Waals surface area contributed by atoms with Gasteiger partial charge in [-0.3, -0.25) is 9.59 Å². The Morgan fingerprint density at radius 3 is 2.47 bits per heavy atom. The normalized spacial score (nSPS) is 19.0. The Morgan fingerprint density at radius 1 is 1.06 bits per heavy atom. The third-order valence-electron chi connectivity index (χ3n) is 6.91. The van der Waals surface area contributed by atoms with E-state index in [-0.39, 0.29) is 11.9 Å². The quantitative estimate of drug-likeness (QED) is 0.621. The van der Waals surface area contributed by atoms with Crippen molar-refractivity contribution in [1.29, 1.82) is 0 Å². The number of aromatic nitrogens is 2. The number of ether oxygens (including phenoxy) is 1. The molecule has 1 aromatic heterocycles. The van der Waals surface area contributed by atoms with Crippen LogP contribution in [0.3, 0.4) is 0 Å². The molecule has 2 aromatic rings. The summed E-state index contributed by atoms with van der Waals surface area (Å²) in [5.74, 6) is -0.0882. The van der Waals surface area contributed by atoms with Crippen LogP contribution in [0.25, 0.3) is 5.69 Å². The number of likely N-dealkylation sites (tertiary alicyclic amines) is 2. The van der Waals surface area contributed by atoms with Gasteiger partial charge >= 0.3 is 5.97 Å². The Labute approximate surface area is 190 Å². The third kappa shape index (κ3) is 4.72. The van der Waals surface area contributed by atoms with Crippen molar-refractivity contribution in [1.82, 2.24) is 19.6 Å². The maximum Gasteiger partial charge on any atom is 0.305 e. The lowest BCUT2D eigenvalue weighted by atomic mass is 10.1. The van der Waals surface area contributed by atoms with Gasteiger partial charge in [0.25, 0.3) is 5.91 Å². The lowest BCUT2D eigenvalue weighted by Crippen LogP contribution is -2.42. The Kier molecular flexibility index (Phi) is 6.94.